The van der Waals surface area contributed by atoms with Crippen molar-refractivity contribution >= 4 is 34.6 Å². The van der Waals surface area contributed by atoms with Crippen LogP contribution in [0.3, 0.4) is 0 Å². The fourth-order valence-electron chi connectivity index (χ4n) is 1.51. The monoisotopic (exact) mass is 313 g/mol. The largest absolute Gasteiger partial charge is 0.434 e. The first kappa shape index (κ1) is 14.4. The number of hydrogen-bond acceptors (Lipinski definition) is 5. The van der Waals surface area contributed by atoms with E-state index in [1.165, 1.54) is 0 Å². The lowest BCUT2D eigenvalue weighted by Crippen LogP contribution is -1.97. The number of nitrogens with zero attached hydrogens (tertiary/aromatic N) is 2. The number of nitrogens with two attached hydrogens (primary N) is 1. The third-order valence-electron chi connectivity index (χ3n) is 2.41. The van der Waals surface area contributed by atoms with Crippen molar-refractivity contribution < 1.29 is 9.66 Å². The molecular weight excluding hydrogens is 305 g/mol. The Bertz CT molecular complexity index is 669. The van der Waals surface area contributed by atoms with Gasteiger partial charge in [-0.05, 0) is 18.6 Å². The number of nitro benzene ring substituents is 1. The second kappa shape index (κ2) is 5.52. The normalized spacial score (nSPS) is 10.3. The van der Waals surface area contributed by atoms with Crippen LogP contribution >= 0.6 is 23.2 Å². The van der Waals surface area contributed by atoms with E-state index in [1.807, 2.05) is 6.92 Å². The summed E-state index contributed by atoms with van der Waals surface area (Å²) in [7, 11) is 0. The summed E-state index contributed by atoms with van der Waals surface area (Å²) in [4.78, 5) is 14.1. The molecule has 0 unspecified atom stereocenters. The number of hydrogen-bond donors (Lipinski definition) is 1. The van der Waals surface area contributed by atoms with Crippen LogP contribution < -0.4 is 10.5 Å². The van der Waals surface area contributed by atoms with Gasteiger partial charge in [-0.3, -0.25) is 10.1 Å². The summed E-state index contributed by atoms with van der Waals surface area (Å²) >= 11 is 11.9. The average Bonchev–Trinajstić information content (AvgIpc) is 2.35. The molecule has 2 rings (SSSR count). The van der Waals surface area contributed by atoms with E-state index in [4.69, 9.17) is 33.7 Å². The van der Waals surface area contributed by atoms with Crippen LogP contribution in [0.5, 0.6) is 11.6 Å². The second-order valence-corrected chi connectivity index (χ2v) is 4.82. The minimum atomic E-state index is -0.597. The van der Waals surface area contributed by atoms with Gasteiger partial charge in [0.2, 0.25) is 5.88 Å². The Hall–Kier alpha value is -2.05. The Kier molecular flexibility index (Phi) is 3.96. The summed E-state index contributed by atoms with van der Waals surface area (Å²) in [6.07, 6.45) is 1.57. The fourth-order valence-corrected chi connectivity index (χ4v) is 2.06. The molecule has 6 nitrogen and oxygen atoms in total. The van der Waals surface area contributed by atoms with Gasteiger partial charge in [-0.2, -0.15) is 0 Å². The average molecular weight is 314 g/mol. The molecule has 0 aliphatic rings. The van der Waals surface area contributed by atoms with Gasteiger partial charge in [0, 0.05) is 18.3 Å². The number of nitro groups is 1. The third-order valence-corrected chi connectivity index (χ3v) is 2.97. The van der Waals surface area contributed by atoms with E-state index in [0.717, 1.165) is 17.7 Å². The van der Waals surface area contributed by atoms with Crippen molar-refractivity contribution in [2.24, 2.45) is 0 Å². The molecule has 0 aliphatic heterocycles. The van der Waals surface area contributed by atoms with E-state index in [9.17, 15) is 10.1 Å². The number of rotatable bonds is 3. The highest BCUT2D eigenvalue weighted by Crippen LogP contribution is 2.40. The van der Waals surface area contributed by atoms with Crippen LogP contribution in [0.15, 0.2) is 24.4 Å². The zero-order chi connectivity index (χ0) is 14.9. The topological polar surface area (TPSA) is 91.3 Å². The molecule has 8 heteroatoms. The van der Waals surface area contributed by atoms with Crippen molar-refractivity contribution in [3.8, 4) is 11.6 Å². The number of aryl methyl sites for hydroxylation is 1. The predicted molar refractivity (Wildman–Crippen MR) is 76.6 cm³/mol. The first-order valence-corrected chi connectivity index (χ1v) is 6.17. The quantitative estimate of drug-likeness (QED) is 0.683. The number of nitrogen functional groups attached to an aromatic ring is 1. The molecule has 0 fully saturated rings. The third kappa shape index (κ3) is 2.92. The van der Waals surface area contributed by atoms with Gasteiger partial charge in [-0.15, -0.1) is 0 Å². The van der Waals surface area contributed by atoms with E-state index in [1.54, 1.807) is 12.3 Å². The van der Waals surface area contributed by atoms with Gasteiger partial charge in [0.15, 0.2) is 5.75 Å². The van der Waals surface area contributed by atoms with E-state index in [-0.39, 0.29) is 27.4 Å². The van der Waals surface area contributed by atoms with Crippen molar-refractivity contribution in [2.75, 3.05) is 5.73 Å². The maximum atomic E-state index is 10.7. The maximum absolute atomic E-state index is 10.7. The molecule has 1 aromatic heterocycles. The molecule has 0 spiro atoms. The van der Waals surface area contributed by atoms with E-state index in [0.29, 0.717) is 5.69 Å². The first-order valence-electron chi connectivity index (χ1n) is 5.42. The highest BCUT2D eigenvalue weighted by atomic mass is 35.5. The van der Waals surface area contributed by atoms with Crippen LogP contribution in [-0.2, 0) is 0 Å². The summed E-state index contributed by atoms with van der Waals surface area (Å²) < 4.78 is 5.44. The molecule has 0 aliphatic carbocycles. The Labute approximate surface area is 124 Å². The predicted octanol–water partition coefficient (Wildman–Crippen LogP) is 3.98. The number of non-ortho nitro benzene ring substituents is 1. The molecule has 20 heavy (non-hydrogen) atoms. The minimum absolute atomic E-state index is 0.00553. The Balaban J connectivity index is 2.41. The zero-order valence-electron chi connectivity index (χ0n) is 10.3. The summed E-state index contributed by atoms with van der Waals surface area (Å²) in [5.74, 6) is 0.204. The first-order chi connectivity index (χ1) is 9.38. The highest BCUT2D eigenvalue weighted by molar-refractivity contribution is 6.37. The maximum Gasteiger partial charge on any atom is 0.272 e. The van der Waals surface area contributed by atoms with Crippen molar-refractivity contribution in [1.29, 1.82) is 0 Å². The Morgan fingerprint density at radius 1 is 1.30 bits per heavy atom. The molecule has 0 saturated carbocycles. The number of halogens is 2. The molecule has 1 aromatic carbocycles. The van der Waals surface area contributed by atoms with Gasteiger partial charge >= 0.3 is 0 Å². The van der Waals surface area contributed by atoms with E-state index >= 15 is 0 Å². The van der Waals surface area contributed by atoms with Crippen molar-refractivity contribution in [2.45, 2.75) is 6.92 Å². The lowest BCUT2D eigenvalue weighted by atomic mass is 10.3. The number of benzene rings is 1. The zero-order valence-corrected chi connectivity index (χ0v) is 11.8. The van der Waals surface area contributed by atoms with Gasteiger partial charge in [-0.25, -0.2) is 4.98 Å². The Morgan fingerprint density at radius 3 is 2.40 bits per heavy atom. The highest BCUT2D eigenvalue weighted by Gasteiger charge is 2.17. The van der Waals surface area contributed by atoms with Crippen LogP contribution in [0.25, 0.3) is 0 Å². The van der Waals surface area contributed by atoms with Gasteiger partial charge < -0.3 is 10.5 Å². The van der Waals surface area contributed by atoms with Crippen molar-refractivity contribution in [3.63, 3.8) is 0 Å². The molecule has 2 aromatic rings. The molecule has 1 heterocycles. The molecule has 0 saturated heterocycles. The summed E-state index contributed by atoms with van der Waals surface area (Å²) in [6.45, 7) is 1.83. The lowest BCUT2D eigenvalue weighted by molar-refractivity contribution is -0.384. The number of aromatic nitrogens is 1. The second-order valence-electron chi connectivity index (χ2n) is 4.00. The van der Waals surface area contributed by atoms with Gasteiger partial charge in [0.25, 0.3) is 5.69 Å². The van der Waals surface area contributed by atoms with Crippen LogP contribution in [0.4, 0.5) is 11.4 Å². The molecule has 0 radical (unpaired) electrons. The fraction of sp³-hybridized carbons (Fsp3) is 0.0833. The summed E-state index contributed by atoms with van der Waals surface area (Å²) in [5.41, 5.74) is 6.73. The summed E-state index contributed by atoms with van der Waals surface area (Å²) in [6, 6.07) is 3.97. The van der Waals surface area contributed by atoms with E-state index < -0.39 is 4.92 Å². The van der Waals surface area contributed by atoms with Crippen LogP contribution in [0, 0.1) is 17.0 Å². The number of ether oxygens (including phenoxy) is 1. The number of pyridine rings is 1. The van der Waals surface area contributed by atoms with Gasteiger partial charge in [0.1, 0.15) is 0 Å². The molecule has 0 atom stereocenters. The molecule has 2 N–H and O–H groups in total. The Morgan fingerprint density at radius 2 is 1.90 bits per heavy atom. The van der Waals surface area contributed by atoms with E-state index in [2.05, 4.69) is 4.98 Å². The van der Waals surface area contributed by atoms with Crippen molar-refractivity contribution in [3.05, 3.63) is 50.1 Å². The molecule has 104 valence electrons. The van der Waals surface area contributed by atoms with Crippen LogP contribution in [-0.4, -0.2) is 9.91 Å². The van der Waals surface area contributed by atoms with Crippen LogP contribution in [0.1, 0.15) is 5.56 Å². The van der Waals surface area contributed by atoms with Crippen molar-refractivity contribution in [1.82, 2.24) is 4.98 Å². The standard InChI is InChI=1S/C12H9Cl2N3O3/c1-6-2-10(15)12(16-5-6)20-11-8(13)3-7(17(18)19)4-9(11)14/h2-5H,15H2,1H3. The van der Waals surface area contributed by atoms with Gasteiger partial charge in [0.05, 0.1) is 20.7 Å². The molecular formula is C12H9Cl2N3O3. The smallest absolute Gasteiger partial charge is 0.272 e. The molecule has 0 amide bonds. The van der Waals surface area contributed by atoms with Gasteiger partial charge in [-0.1, -0.05) is 23.2 Å². The van der Waals surface area contributed by atoms with Crippen LogP contribution in [0.2, 0.25) is 10.0 Å². The SMILES string of the molecule is Cc1cnc(Oc2c(Cl)cc([N+](=O)[O-])cc2Cl)c(N)c1. The molecule has 0 bridgehead atoms. The summed E-state index contributed by atoms with van der Waals surface area (Å²) in [5, 5.41) is 10.7. The minimum Gasteiger partial charge on any atom is -0.434 e. The lowest BCUT2D eigenvalue weighted by Gasteiger charge is -2.10. The number of anilines is 1.